The van der Waals surface area contributed by atoms with Crippen LogP contribution in [-0.2, 0) is 0 Å². The number of hydrogen-bond donors (Lipinski definition) is 2. The third-order valence-corrected chi connectivity index (χ3v) is 3.83. The maximum Gasteiger partial charge on any atom is 0.289 e. The number of aryl methyl sites for hydroxylation is 2. The summed E-state index contributed by atoms with van der Waals surface area (Å²) >= 11 is 0. The van der Waals surface area contributed by atoms with E-state index in [0.717, 1.165) is 11.3 Å². The van der Waals surface area contributed by atoms with E-state index >= 15 is 0 Å². The Hall–Kier alpha value is -3.15. The SMILES string of the molecule is CC(=NNC(=O)c1cc(-c2ccc(C)c(C)c2)n[nH]1)c1ccco1. The van der Waals surface area contributed by atoms with Gasteiger partial charge in [-0.05, 0) is 56.2 Å². The van der Waals surface area contributed by atoms with Gasteiger partial charge in [0.25, 0.3) is 5.91 Å². The molecule has 2 heterocycles. The predicted octanol–water partition coefficient (Wildman–Crippen LogP) is 3.44. The summed E-state index contributed by atoms with van der Waals surface area (Å²) in [7, 11) is 0. The quantitative estimate of drug-likeness (QED) is 0.570. The number of hydrazone groups is 1. The fourth-order valence-electron chi connectivity index (χ4n) is 2.22. The molecule has 0 atom stereocenters. The lowest BCUT2D eigenvalue weighted by molar-refractivity contribution is 0.0950. The predicted molar refractivity (Wildman–Crippen MR) is 91.9 cm³/mol. The molecule has 0 saturated heterocycles. The molecule has 0 aliphatic heterocycles. The molecule has 122 valence electrons. The summed E-state index contributed by atoms with van der Waals surface area (Å²) in [6, 6.07) is 11.3. The summed E-state index contributed by atoms with van der Waals surface area (Å²) in [5, 5.41) is 11.0. The maximum absolute atomic E-state index is 12.2. The third kappa shape index (κ3) is 3.27. The average Bonchev–Trinajstić information content (AvgIpc) is 3.26. The molecule has 0 spiro atoms. The molecule has 3 rings (SSSR count). The number of carbonyl (C=O) groups is 1. The summed E-state index contributed by atoms with van der Waals surface area (Å²) in [6.07, 6.45) is 1.56. The molecule has 0 aliphatic carbocycles. The number of benzene rings is 1. The minimum Gasteiger partial charge on any atom is -0.463 e. The Bertz CT molecular complexity index is 892. The second kappa shape index (κ2) is 6.54. The number of nitrogens with zero attached hydrogens (tertiary/aromatic N) is 2. The van der Waals surface area contributed by atoms with Gasteiger partial charge in [0.2, 0.25) is 0 Å². The molecule has 0 aliphatic rings. The van der Waals surface area contributed by atoms with Crippen LogP contribution in [0.15, 0.2) is 52.2 Å². The topological polar surface area (TPSA) is 83.3 Å². The first-order chi connectivity index (χ1) is 11.5. The molecule has 2 N–H and O–H groups in total. The summed E-state index contributed by atoms with van der Waals surface area (Å²) in [5.74, 6) is 0.249. The number of aromatic nitrogens is 2. The average molecular weight is 322 g/mol. The molecule has 1 aromatic carbocycles. The van der Waals surface area contributed by atoms with Crippen molar-refractivity contribution in [2.24, 2.45) is 5.10 Å². The summed E-state index contributed by atoms with van der Waals surface area (Å²) in [6.45, 7) is 5.86. The standard InChI is InChI=1S/C18H18N4O2/c1-11-6-7-14(9-12(11)2)15-10-16(21-20-15)18(23)22-19-13(3)17-5-4-8-24-17/h4-10H,1-3H3,(H,20,21)(H,22,23). The van der Waals surface area contributed by atoms with Crippen molar-refractivity contribution in [1.82, 2.24) is 15.6 Å². The fraction of sp³-hybridized carbons (Fsp3) is 0.167. The van der Waals surface area contributed by atoms with E-state index in [9.17, 15) is 4.79 Å². The molecule has 2 aromatic heterocycles. The van der Waals surface area contributed by atoms with Gasteiger partial charge in [-0.2, -0.15) is 10.2 Å². The molecule has 3 aromatic rings. The van der Waals surface area contributed by atoms with Crippen LogP contribution in [0, 0.1) is 13.8 Å². The van der Waals surface area contributed by atoms with Gasteiger partial charge in [0.15, 0.2) is 0 Å². The molecule has 0 radical (unpaired) electrons. The third-order valence-electron chi connectivity index (χ3n) is 3.83. The van der Waals surface area contributed by atoms with Crippen LogP contribution in [0.3, 0.4) is 0 Å². The van der Waals surface area contributed by atoms with Crippen LogP contribution >= 0.6 is 0 Å². The second-order valence-corrected chi connectivity index (χ2v) is 5.58. The first-order valence-electron chi connectivity index (χ1n) is 7.56. The molecule has 6 nitrogen and oxygen atoms in total. The Morgan fingerprint density at radius 1 is 1.21 bits per heavy atom. The van der Waals surface area contributed by atoms with Crippen molar-refractivity contribution < 1.29 is 9.21 Å². The Labute approximate surface area is 139 Å². The molecule has 1 amide bonds. The van der Waals surface area contributed by atoms with E-state index in [4.69, 9.17) is 4.42 Å². The van der Waals surface area contributed by atoms with Gasteiger partial charge in [-0.1, -0.05) is 12.1 Å². The van der Waals surface area contributed by atoms with Crippen molar-refractivity contribution in [3.05, 3.63) is 65.2 Å². The number of aromatic amines is 1. The van der Waals surface area contributed by atoms with Crippen molar-refractivity contribution in [2.75, 3.05) is 0 Å². The van der Waals surface area contributed by atoms with Crippen molar-refractivity contribution in [3.8, 4) is 11.3 Å². The van der Waals surface area contributed by atoms with E-state index < -0.39 is 0 Å². The first kappa shape index (κ1) is 15.7. The number of H-pyrrole nitrogens is 1. The van der Waals surface area contributed by atoms with E-state index in [0.29, 0.717) is 17.2 Å². The zero-order valence-corrected chi connectivity index (χ0v) is 13.8. The highest BCUT2D eigenvalue weighted by Gasteiger charge is 2.11. The van der Waals surface area contributed by atoms with Crippen LogP contribution in [0.2, 0.25) is 0 Å². The van der Waals surface area contributed by atoms with Crippen LogP contribution in [0.5, 0.6) is 0 Å². The van der Waals surface area contributed by atoms with Crippen molar-refractivity contribution >= 4 is 11.6 Å². The molecule has 0 saturated carbocycles. The minimum atomic E-state index is -0.358. The molecule has 0 unspecified atom stereocenters. The van der Waals surface area contributed by atoms with E-state index in [-0.39, 0.29) is 5.91 Å². The second-order valence-electron chi connectivity index (χ2n) is 5.58. The summed E-state index contributed by atoms with van der Waals surface area (Å²) in [4.78, 5) is 12.2. The van der Waals surface area contributed by atoms with E-state index in [1.54, 1.807) is 31.4 Å². The van der Waals surface area contributed by atoms with Crippen LogP contribution in [0.1, 0.15) is 34.3 Å². The zero-order valence-electron chi connectivity index (χ0n) is 13.8. The Morgan fingerprint density at radius 2 is 2.04 bits per heavy atom. The van der Waals surface area contributed by atoms with Crippen molar-refractivity contribution in [1.29, 1.82) is 0 Å². The van der Waals surface area contributed by atoms with Gasteiger partial charge in [0, 0.05) is 5.56 Å². The van der Waals surface area contributed by atoms with Gasteiger partial charge in [-0.15, -0.1) is 0 Å². The van der Waals surface area contributed by atoms with Gasteiger partial charge < -0.3 is 4.42 Å². The lowest BCUT2D eigenvalue weighted by Crippen LogP contribution is -2.19. The highest BCUT2D eigenvalue weighted by atomic mass is 16.3. The number of carbonyl (C=O) groups excluding carboxylic acids is 1. The van der Waals surface area contributed by atoms with E-state index in [1.165, 1.54) is 11.1 Å². The number of nitrogens with one attached hydrogen (secondary N) is 2. The lowest BCUT2D eigenvalue weighted by atomic mass is 10.0. The monoisotopic (exact) mass is 322 g/mol. The zero-order chi connectivity index (χ0) is 17.1. The van der Waals surface area contributed by atoms with Crippen LogP contribution < -0.4 is 5.43 Å². The molecule has 6 heteroatoms. The highest BCUT2D eigenvalue weighted by Crippen LogP contribution is 2.20. The van der Waals surface area contributed by atoms with Crippen molar-refractivity contribution in [3.63, 3.8) is 0 Å². The van der Waals surface area contributed by atoms with Gasteiger partial charge in [0.05, 0.1) is 12.0 Å². The normalized spacial score (nSPS) is 11.5. The smallest absolute Gasteiger partial charge is 0.289 e. The summed E-state index contributed by atoms with van der Waals surface area (Å²) in [5.41, 5.74) is 7.50. The van der Waals surface area contributed by atoms with Crippen molar-refractivity contribution in [2.45, 2.75) is 20.8 Å². The van der Waals surface area contributed by atoms with Crippen LogP contribution in [-0.4, -0.2) is 21.8 Å². The minimum absolute atomic E-state index is 0.347. The lowest BCUT2D eigenvalue weighted by Gasteiger charge is -2.01. The molecular formula is C18H18N4O2. The van der Waals surface area contributed by atoms with Gasteiger partial charge >= 0.3 is 0 Å². The van der Waals surface area contributed by atoms with Crippen LogP contribution in [0.4, 0.5) is 0 Å². The first-order valence-corrected chi connectivity index (χ1v) is 7.56. The molecule has 24 heavy (non-hydrogen) atoms. The van der Waals surface area contributed by atoms with E-state index in [1.807, 2.05) is 25.1 Å². The van der Waals surface area contributed by atoms with Gasteiger partial charge in [-0.25, -0.2) is 5.43 Å². The van der Waals surface area contributed by atoms with Crippen LogP contribution in [0.25, 0.3) is 11.3 Å². The number of rotatable bonds is 4. The Kier molecular flexibility index (Phi) is 4.29. The number of amides is 1. The molecule has 0 fully saturated rings. The summed E-state index contributed by atoms with van der Waals surface area (Å²) < 4.78 is 5.21. The maximum atomic E-state index is 12.2. The Morgan fingerprint density at radius 3 is 2.75 bits per heavy atom. The molecular weight excluding hydrogens is 304 g/mol. The fourth-order valence-corrected chi connectivity index (χ4v) is 2.22. The molecule has 0 bridgehead atoms. The van der Waals surface area contributed by atoms with E-state index in [2.05, 4.69) is 27.6 Å². The number of furan rings is 1. The van der Waals surface area contributed by atoms with Gasteiger partial charge in [-0.3, -0.25) is 9.89 Å². The number of hydrogen-bond acceptors (Lipinski definition) is 4. The Balaban J connectivity index is 1.74. The largest absolute Gasteiger partial charge is 0.463 e. The highest BCUT2D eigenvalue weighted by molar-refractivity contribution is 5.98. The van der Waals surface area contributed by atoms with Gasteiger partial charge in [0.1, 0.15) is 17.2 Å².